The second-order valence-electron chi connectivity index (χ2n) is 9.25. The van der Waals surface area contributed by atoms with E-state index in [1.165, 1.54) is 11.3 Å². The molecule has 2 aliphatic rings. The number of carbonyl (C=O) groups is 2. The first kappa shape index (κ1) is 24.0. The molecule has 0 spiro atoms. The van der Waals surface area contributed by atoms with Crippen LogP contribution in [0.4, 0.5) is 5.00 Å². The van der Waals surface area contributed by atoms with Gasteiger partial charge in [-0.3, -0.25) is 4.79 Å². The number of amides is 1. The van der Waals surface area contributed by atoms with E-state index in [9.17, 15) is 14.7 Å². The van der Waals surface area contributed by atoms with Crippen molar-refractivity contribution in [2.45, 2.75) is 71.3 Å². The summed E-state index contributed by atoms with van der Waals surface area (Å²) in [5.74, 6) is 0.0964. The third-order valence-electron chi connectivity index (χ3n) is 6.70. The fourth-order valence-corrected chi connectivity index (χ4v) is 6.39. The number of anilines is 1. The van der Waals surface area contributed by atoms with Gasteiger partial charge < -0.3 is 20.2 Å². The Balaban J connectivity index is 1.83. The number of nitrogens with zero attached hydrogens (tertiary/aromatic N) is 2. The third kappa shape index (κ3) is 5.40. The second-order valence-corrected chi connectivity index (χ2v) is 10.7. The fourth-order valence-electron chi connectivity index (χ4n) is 4.75. The topological polar surface area (TPSA) is 72.9 Å². The Morgan fingerprint density at radius 1 is 1.19 bits per heavy atom. The molecule has 31 heavy (non-hydrogen) atoms. The molecule has 0 atom stereocenters. The smallest absolute Gasteiger partial charge is 0.338 e. The van der Waals surface area contributed by atoms with Crippen molar-refractivity contribution in [1.82, 2.24) is 10.2 Å². The molecule has 0 unspecified atom stereocenters. The lowest BCUT2D eigenvalue weighted by atomic mass is 9.82. The molecule has 3 rings (SSSR count). The van der Waals surface area contributed by atoms with Crippen LogP contribution < -0.4 is 10.2 Å². The SMILES string of the molecule is CNC(=S)N1CCC(c2cc(C(=O)O)c(N(C(=O)C3CCC(C)CC3)C(C)C)s2)CC1. The number of likely N-dealkylation sites (tertiary alicyclic amines) is 1. The van der Waals surface area contributed by atoms with Gasteiger partial charge in [-0.15, -0.1) is 11.3 Å². The van der Waals surface area contributed by atoms with Crippen LogP contribution in [0.25, 0.3) is 0 Å². The van der Waals surface area contributed by atoms with Crippen molar-refractivity contribution in [1.29, 1.82) is 0 Å². The molecule has 172 valence electrons. The molecular weight excluding hydrogens is 430 g/mol. The molecule has 2 heterocycles. The Kier molecular flexibility index (Phi) is 7.97. The summed E-state index contributed by atoms with van der Waals surface area (Å²) < 4.78 is 0. The van der Waals surface area contributed by atoms with Crippen molar-refractivity contribution in [3.63, 3.8) is 0 Å². The number of hydrogen-bond donors (Lipinski definition) is 2. The van der Waals surface area contributed by atoms with Gasteiger partial charge in [0.05, 0.1) is 5.56 Å². The Morgan fingerprint density at radius 2 is 1.81 bits per heavy atom. The molecule has 1 aromatic heterocycles. The summed E-state index contributed by atoms with van der Waals surface area (Å²) in [7, 11) is 1.84. The predicted octanol–water partition coefficient (Wildman–Crippen LogP) is 4.70. The summed E-state index contributed by atoms with van der Waals surface area (Å²) in [5, 5.41) is 14.3. The van der Waals surface area contributed by atoms with Gasteiger partial charge in [0.1, 0.15) is 5.00 Å². The first-order valence-electron chi connectivity index (χ1n) is 11.4. The van der Waals surface area contributed by atoms with E-state index in [4.69, 9.17) is 12.2 Å². The average Bonchev–Trinajstić information content (AvgIpc) is 3.18. The van der Waals surface area contributed by atoms with Crippen LogP contribution in [0.2, 0.25) is 0 Å². The van der Waals surface area contributed by atoms with Crippen molar-refractivity contribution in [2.75, 3.05) is 25.0 Å². The van der Waals surface area contributed by atoms with E-state index in [-0.39, 0.29) is 23.4 Å². The first-order valence-corrected chi connectivity index (χ1v) is 12.6. The molecule has 1 amide bonds. The van der Waals surface area contributed by atoms with Crippen LogP contribution in [0.5, 0.6) is 0 Å². The molecule has 2 fully saturated rings. The molecule has 1 saturated carbocycles. The molecule has 0 aromatic carbocycles. The Morgan fingerprint density at radius 3 is 2.32 bits per heavy atom. The normalized spacial score (nSPS) is 22.4. The molecule has 1 saturated heterocycles. The van der Waals surface area contributed by atoms with Gasteiger partial charge in [0.15, 0.2) is 5.11 Å². The highest BCUT2D eigenvalue weighted by molar-refractivity contribution is 7.80. The number of hydrogen-bond acceptors (Lipinski definition) is 4. The van der Waals surface area contributed by atoms with Crippen LogP contribution in [-0.4, -0.2) is 53.2 Å². The van der Waals surface area contributed by atoms with Crippen LogP contribution in [0.15, 0.2) is 6.07 Å². The van der Waals surface area contributed by atoms with Crippen LogP contribution in [0.3, 0.4) is 0 Å². The van der Waals surface area contributed by atoms with Gasteiger partial charge in [-0.1, -0.05) is 6.92 Å². The maximum atomic E-state index is 13.5. The van der Waals surface area contributed by atoms with Crippen LogP contribution in [0.1, 0.15) is 80.4 Å². The van der Waals surface area contributed by atoms with Crippen molar-refractivity contribution in [3.05, 3.63) is 16.5 Å². The Bertz CT molecular complexity index is 807. The molecule has 1 aliphatic carbocycles. The summed E-state index contributed by atoms with van der Waals surface area (Å²) in [6, 6.07) is 1.73. The summed E-state index contributed by atoms with van der Waals surface area (Å²) in [5.41, 5.74) is 0.263. The summed E-state index contributed by atoms with van der Waals surface area (Å²) in [6.45, 7) is 7.90. The maximum Gasteiger partial charge on any atom is 0.338 e. The van der Waals surface area contributed by atoms with E-state index in [1.807, 2.05) is 27.0 Å². The third-order valence-corrected chi connectivity index (χ3v) is 8.46. The van der Waals surface area contributed by atoms with Crippen LogP contribution in [-0.2, 0) is 4.79 Å². The van der Waals surface area contributed by atoms with Gasteiger partial charge in [-0.2, -0.15) is 0 Å². The van der Waals surface area contributed by atoms with Gasteiger partial charge in [-0.05, 0) is 82.5 Å². The molecule has 1 aromatic rings. The Labute approximate surface area is 195 Å². The van der Waals surface area contributed by atoms with Gasteiger partial charge in [-0.25, -0.2) is 4.79 Å². The highest BCUT2D eigenvalue weighted by Crippen LogP contribution is 2.42. The predicted molar refractivity (Wildman–Crippen MR) is 130 cm³/mol. The number of thiophene rings is 1. The number of carboxylic acids is 1. The quantitative estimate of drug-likeness (QED) is 0.614. The number of nitrogens with one attached hydrogen (secondary N) is 1. The Hall–Kier alpha value is -1.67. The minimum Gasteiger partial charge on any atom is -0.478 e. The van der Waals surface area contributed by atoms with E-state index in [2.05, 4.69) is 17.1 Å². The highest BCUT2D eigenvalue weighted by Gasteiger charge is 2.34. The van der Waals surface area contributed by atoms with Gasteiger partial charge in [0, 0.05) is 37.0 Å². The van der Waals surface area contributed by atoms with E-state index < -0.39 is 5.97 Å². The van der Waals surface area contributed by atoms with Crippen molar-refractivity contribution in [2.24, 2.45) is 11.8 Å². The maximum absolute atomic E-state index is 13.5. The lowest BCUT2D eigenvalue weighted by molar-refractivity contribution is -0.123. The van der Waals surface area contributed by atoms with E-state index >= 15 is 0 Å². The molecular formula is C23H35N3O3S2. The van der Waals surface area contributed by atoms with Gasteiger partial charge >= 0.3 is 5.97 Å². The number of rotatable bonds is 5. The lowest BCUT2D eigenvalue weighted by Crippen LogP contribution is -2.42. The van der Waals surface area contributed by atoms with Crippen molar-refractivity contribution in [3.8, 4) is 0 Å². The molecule has 0 radical (unpaired) electrons. The monoisotopic (exact) mass is 465 g/mol. The van der Waals surface area contributed by atoms with Gasteiger partial charge in [0.2, 0.25) is 5.91 Å². The molecule has 2 N–H and O–H groups in total. The molecule has 8 heteroatoms. The minimum atomic E-state index is -0.956. The zero-order valence-electron chi connectivity index (χ0n) is 19.0. The van der Waals surface area contributed by atoms with Crippen LogP contribution in [0, 0.1) is 11.8 Å². The zero-order chi connectivity index (χ0) is 22.7. The summed E-state index contributed by atoms with van der Waals surface area (Å²) >= 11 is 6.84. The average molecular weight is 466 g/mol. The molecule has 1 aliphatic heterocycles. The lowest BCUT2D eigenvalue weighted by Gasteiger charge is -2.33. The molecule has 6 nitrogen and oxygen atoms in total. The number of carboxylic acid groups (broad SMARTS) is 1. The highest BCUT2D eigenvalue weighted by atomic mass is 32.1. The van der Waals surface area contributed by atoms with E-state index in [0.717, 1.165) is 61.6 Å². The second kappa shape index (κ2) is 10.3. The zero-order valence-corrected chi connectivity index (χ0v) is 20.7. The van der Waals surface area contributed by atoms with E-state index in [1.54, 1.807) is 4.90 Å². The standard InChI is InChI=1S/C23H35N3O3S2/c1-14(2)26(20(27)17-7-5-15(3)6-8-17)21-18(22(28)29)13-19(31-21)16-9-11-25(12-10-16)23(30)24-4/h13-17H,5-12H2,1-4H3,(H,24,30)(H,28,29). The van der Waals surface area contributed by atoms with E-state index in [0.29, 0.717) is 16.8 Å². The van der Waals surface area contributed by atoms with Crippen LogP contribution >= 0.6 is 23.6 Å². The first-order chi connectivity index (χ1) is 14.7. The largest absolute Gasteiger partial charge is 0.478 e. The minimum absolute atomic E-state index is 0.00316. The number of piperidine rings is 1. The fraction of sp³-hybridized carbons (Fsp3) is 0.696. The summed E-state index contributed by atoms with van der Waals surface area (Å²) in [4.78, 5) is 30.6. The van der Waals surface area contributed by atoms with Crippen molar-refractivity contribution >= 4 is 45.5 Å². The molecule has 0 bridgehead atoms. The number of carbonyl (C=O) groups excluding carboxylic acids is 1. The van der Waals surface area contributed by atoms with Crippen molar-refractivity contribution < 1.29 is 14.7 Å². The number of aromatic carboxylic acids is 1. The number of thiocarbonyl (C=S) groups is 1. The summed E-state index contributed by atoms with van der Waals surface area (Å²) in [6.07, 6.45) is 5.78. The van der Waals surface area contributed by atoms with Gasteiger partial charge in [0.25, 0.3) is 0 Å².